The highest BCUT2D eigenvalue weighted by Gasteiger charge is 2.16. The van der Waals surface area contributed by atoms with Gasteiger partial charge in [0, 0.05) is 27.7 Å². The molecule has 1 aromatic heterocycles. The molecule has 1 N–H and O–H groups in total. The van der Waals surface area contributed by atoms with Crippen LogP contribution < -0.4 is 5.32 Å². The summed E-state index contributed by atoms with van der Waals surface area (Å²) in [5.74, 6) is -0.930. The summed E-state index contributed by atoms with van der Waals surface area (Å²) < 4.78 is 4.78. The van der Waals surface area contributed by atoms with Crippen molar-refractivity contribution in [2.75, 3.05) is 12.4 Å². The molecule has 0 atom stereocenters. The first kappa shape index (κ1) is 19.6. The second kappa shape index (κ2) is 8.35. The zero-order valence-corrected chi connectivity index (χ0v) is 16.8. The molecule has 0 radical (unpaired) electrons. The number of nitrogens with one attached hydrogen (secondary N) is 1. The minimum atomic E-state index is -0.580. The maximum atomic E-state index is 12.9. The molecule has 6 heteroatoms. The number of esters is 1. The van der Waals surface area contributed by atoms with E-state index >= 15 is 0 Å². The number of amides is 1. The highest BCUT2D eigenvalue weighted by Crippen LogP contribution is 2.28. The van der Waals surface area contributed by atoms with Gasteiger partial charge in [0.15, 0.2) is 0 Å². The van der Waals surface area contributed by atoms with Crippen molar-refractivity contribution >= 4 is 40.1 Å². The average Bonchev–Trinajstić information content (AvgIpc) is 2.79. The summed E-state index contributed by atoms with van der Waals surface area (Å²) in [6.45, 7) is 0. The molecule has 5 nitrogen and oxygen atoms in total. The summed E-state index contributed by atoms with van der Waals surface area (Å²) in [5.41, 5.74) is 3.64. The van der Waals surface area contributed by atoms with Crippen LogP contribution in [0.5, 0.6) is 0 Å². The number of pyridine rings is 1. The Balaban J connectivity index is 1.68. The van der Waals surface area contributed by atoms with E-state index in [4.69, 9.17) is 16.3 Å². The predicted octanol–water partition coefficient (Wildman–Crippen LogP) is 5.59. The van der Waals surface area contributed by atoms with Gasteiger partial charge in [-0.3, -0.25) is 9.78 Å². The van der Waals surface area contributed by atoms with Crippen molar-refractivity contribution < 1.29 is 14.3 Å². The third-order valence-electron chi connectivity index (χ3n) is 4.70. The van der Waals surface area contributed by atoms with Gasteiger partial charge in [0.1, 0.15) is 0 Å². The summed E-state index contributed by atoms with van der Waals surface area (Å²) >= 11 is 5.98. The molecule has 4 rings (SSSR count). The van der Waals surface area contributed by atoms with Crippen molar-refractivity contribution in [3.8, 4) is 11.1 Å². The first-order chi connectivity index (χ1) is 14.6. The fraction of sp³-hybridized carbons (Fsp3) is 0.0417. The molecule has 0 saturated heterocycles. The standard InChI is InChI=1S/C24H17ClN2O3/c1-30-24(29)20-14-18(25)10-11-21(20)27-23(28)17-7-2-6-16(13-17)19-9-3-5-15-8-4-12-26-22(15)19/h2-14H,1H3,(H,27,28). The van der Waals surface area contributed by atoms with Crippen LogP contribution in [0.15, 0.2) is 79.0 Å². The topological polar surface area (TPSA) is 68.3 Å². The van der Waals surface area contributed by atoms with Crippen LogP contribution in [0.2, 0.25) is 5.02 Å². The van der Waals surface area contributed by atoms with Gasteiger partial charge in [0.2, 0.25) is 0 Å². The molecule has 0 aliphatic heterocycles. The first-order valence-corrected chi connectivity index (χ1v) is 9.58. The summed E-state index contributed by atoms with van der Waals surface area (Å²) in [7, 11) is 1.27. The van der Waals surface area contributed by atoms with Crippen molar-refractivity contribution in [3.05, 3.63) is 95.1 Å². The van der Waals surface area contributed by atoms with E-state index < -0.39 is 5.97 Å². The molecule has 4 aromatic rings. The van der Waals surface area contributed by atoms with Gasteiger partial charge in [0.05, 0.1) is 23.9 Å². The third-order valence-corrected chi connectivity index (χ3v) is 4.94. The van der Waals surface area contributed by atoms with E-state index in [1.165, 1.54) is 13.2 Å². The number of carbonyl (C=O) groups excluding carboxylic acids is 2. The molecule has 0 unspecified atom stereocenters. The smallest absolute Gasteiger partial charge is 0.340 e. The lowest BCUT2D eigenvalue weighted by atomic mass is 10.00. The van der Waals surface area contributed by atoms with E-state index in [9.17, 15) is 9.59 Å². The van der Waals surface area contributed by atoms with Crippen molar-refractivity contribution in [1.29, 1.82) is 0 Å². The van der Waals surface area contributed by atoms with Crippen LogP contribution in [0.1, 0.15) is 20.7 Å². The second-order valence-electron chi connectivity index (χ2n) is 6.60. The number of carbonyl (C=O) groups is 2. The van der Waals surface area contributed by atoms with Gasteiger partial charge in [-0.1, -0.05) is 48.0 Å². The van der Waals surface area contributed by atoms with Crippen LogP contribution >= 0.6 is 11.6 Å². The molecule has 0 aliphatic carbocycles. The first-order valence-electron chi connectivity index (χ1n) is 9.20. The van der Waals surface area contributed by atoms with E-state index in [0.29, 0.717) is 16.3 Å². The van der Waals surface area contributed by atoms with Gasteiger partial charge in [-0.15, -0.1) is 0 Å². The Hall–Kier alpha value is -3.70. The lowest BCUT2D eigenvalue weighted by Crippen LogP contribution is -2.15. The van der Waals surface area contributed by atoms with Crippen LogP contribution in [0.3, 0.4) is 0 Å². The van der Waals surface area contributed by atoms with E-state index in [1.54, 1.807) is 30.5 Å². The van der Waals surface area contributed by atoms with Crippen LogP contribution in [0.25, 0.3) is 22.0 Å². The number of benzene rings is 3. The summed E-state index contributed by atoms with van der Waals surface area (Å²) in [5, 5.41) is 4.17. The molecule has 1 amide bonds. The number of halogens is 1. The maximum absolute atomic E-state index is 12.9. The number of rotatable bonds is 4. The SMILES string of the molecule is COC(=O)c1cc(Cl)ccc1NC(=O)c1cccc(-c2cccc3cccnc23)c1. The van der Waals surface area contributed by atoms with E-state index in [1.807, 2.05) is 42.5 Å². The summed E-state index contributed by atoms with van der Waals surface area (Å²) in [4.78, 5) is 29.4. The van der Waals surface area contributed by atoms with Crippen molar-refractivity contribution in [2.24, 2.45) is 0 Å². The molecule has 0 bridgehead atoms. The molecule has 0 aliphatic rings. The average molecular weight is 417 g/mol. The molecular formula is C24H17ClN2O3. The van der Waals surface area contributed by atoms with Gasteiger partial charge >= 0.3 is 5.97 Å². The van der Waals surface area contributed by atoms with E-state index in [0.717, 1.165) is 22.0 Å². The number of methoxy groups -OCH3 is 1. The van der Waals surface area contributed by atoms with Gasteiger partial charge in [-0.2, -0.15) is 0 Å². The van der Waals surface area contributed by atoms with Crippen molar-refractivity contribution in [3.63, 3.8) is 0 Å². The van der Waals surface area contributed by atoms with Gasteiger partial charge in [-0.05, 0) is 42.0 Å². The largest absolute Gasteiger partial charge is 0.465 e. The molecule has 3 aromatic carbocycles. The number of hydrogen-bond donors (Lipinski definition) is 1. The highest BCUT2D eigenvalue weighted by atomic mass is 35.5. The number of nitrogens with zero attached hydrogens (tertiary/aromatic N) is 1. The molecule has 0 saturated carbocycles. The molecule has 0 spiro atoms. The number of aromatic nitrogens is 1. The Morgan fingerprint density at radius 3 is 2.60 bits per heavy atom. The molecule has 148 valence electrons. The zero-order chi connectivity index (χ0) is 21.1. The van der Waals surface area contributed by atoms with Crippen LogP contribution in [-0.4, -0.2) is 24.0 Å². The fourth-order valence-corrected chi connectivity index (χ4v) is 3.44. The van der Waals surface area contributed by atoms with E-state index in [-0.39, 0.29) is 11.5 Å². The van der Waals surface area contributed by atoms with Crippen LogP contribution in [0.4, 0.5) is 5.69 Å². The Morgan fingerprint density at radius 2 is 1.77 bits per heavy atom. The second-order valence-corrected chi connectivity index (χ2v) is 7.03. The molecule has 0 fully saturated rings. The van der Waals surface area contributed by atoms with Gasteiger partial charge in [0.25, 0.3) is 5.91 Å². The molecular weight excluding hydrogens is 400 g/mol. The molecule has 1 heterocycles. The number of anilines is 1. The Bertz CT molecular complexity index is 1270. The maximum Gasteiger partial charge on any atom is 0.340 e. The Labute approximate surface area is 178 Å². The minimum Gasteiger partial charge on any atom is -0.465 e. The van der Waals surface area contributed by atoms with Crippen LogP contribution in [-0.2, 0) is 4.74 Å². The Morgan fingerprint density at radius 1 is 0.967 bits per heavy atom. The lowest BCUT2D eigenvalue weighted by molar-refractivity contribution is 0.0602. The third kappa shape index (κ3) is 3.88. The zero-order valence-electron chi connectivity index (χ0n) is 16.1. The summed E-state index contributed by atoms with van der Waals surface area (Å²) in [6, 6.07) is 21.7. The molecule has 30 heavy (non-hydrogen) atoms. The van der Waals surface area contributed by atoms with Gasteiger partial charge < -0.3 is 10.1 Å². The van der Waals surface area contributed by atoms with Gasteiger partial charge in [-0.25, -0.2) is 4.79 Å². The lowest BCUT2D eigenvalue weighted by Gasteiger charge is -2.11. The normalized spacial score (nSPS) is 10.6. The number of hydrogen-bond acceptors (Lipinski definition) is 4. The monoisotopic (exact) mass is 416 g/mol. The van der Waals surface area contributed by atoms with Crippen molar-refractivity contribution in [1.82, 2.24) is 4.98 Å². The Kier molecular flexibility index (Phi) is 5.46. The summed E-state index contributed by atoms with van der Waals surface area (Å²) in [6.07, 6.45) is 1.75. The predicted molar refractivity (Wildman–Crippen MR) is 118 cm³/mol. The quantitative estimate of drug-likeness (QED) is 0.440. The van der Waals surface area contributed by atoms with Crippen LogP contribution in [0, 0.1) is 0 Å². The fourth-order valence-electron chi connectivity index (χ4n) is 3.26. The number of ether oxygens (including phenoxy) is 1. The van der Waals surface area contributed by atoms with Crippen molar-refractivity contribution in [2.45, 2.75) is 0 Å². The minimum absolute atomic E-state index is 0.188. The highest BCUT2D eigenvalue weighted by molar-refractivity contribution is 6.31. The van der Waals surface area contributed by atoms with E-state index in [2.05, 4.69) is 10.3 Å². The number of fused-ring (bicyclic) bond motifs is 1. The number of para-hydroxylation sites is 1.